The van der Waals surface area contributed by atoms with Gasteiger partial charge in [0.2, 0.25) is 6.41 Å². The molecule has 0 unspecified atom stereocenters. The highest BCUT2D eigenvalue weighted by Gasteiger charge is 2.37. The highest BCUT2D eigenvalue weighted by molar-refractivity contribution is 5.51. The quantitative estimate of drug-likeness (QED) is 0.266. The van der Waals surface area contributed by atoms with Gasteiger partial charge in [0.25, 0.3) is 0 Å². The van der Waals surface area contributed by atoms with E-state index in [-0.39, 0.29) is 23.7 Å². The van der Waals surface area contributed by atoms with Gasteiger partial charge in [0, 0.05) is 18.8 Å². The largest absolute Gasteiger partial charge is 0.416 e. The molecule has 0 saturated carbocycles. The molecule has 0 aliphatic rings. The Labute approximate surface area is 198 Å². The van der Waals surface area contributed by atoms with Crippen molar-refractivity contribution in [2.75, 3.05) is 0 Å². The molecule has 0 bridgehead atoms. The number of carbonyl (C=O) groups excluding carboxylic acids is 1. The van der Waals surface area contributed by atoms with Crippen LogP contribution < -0.4 is 0 Å². The van der Waals surface area contributed by atoms with Crippen LogP contribution in [0.25, 0.3) is 5.69 Å². The Hall–Kier alpha value is -3.51. The first-order valence-corrected chi connectivity index (χ1v) is 10.2. The second-order valence-corrected chi connectivity index (χ2v) is 8.10. The van der Waals surface area contributed by atoms with Gasteiger partial charge in [-0.1, -0.05) is 0 Å². The molecular formula is C23H18F9N3O. The minimum absolute atomic E-state index is 0.0531. The molecule has 1 heterocycles. The number of carbonyl (C=O) groups is 1. The molecule has 194 valence electrons. The van der Waals surface area contributed by atoms with Crippen molar-refractivity contribution in [2.24, 2.45) is 0 Å². The lowest BCUT2D eigenvalue weighted by molar-refractivity contribution is -0.143. The molecule has 3 aromatic rings. The van der Waals surface area contributed by atoms with Crippen LogP contribution in [0.1, 0.15) is 39.2 Å². The van der Waals surface area contributed by atoms with Gasteiger partial charge in [0.15, 0.2) is 0 Å². The van der Waals surface area contributed by atoms with Crippen LogP contribution >= 0.6 is 0 Å². The zero-order valence-electron chi connectivity index (χ0n) is 18.7. The number of nitrogens with zero attached hydrogens (tertiary/aromatic N) is 3. The van der Waals surface area contributed by atoms with Gasteiger partial charge in [-0.25, -0.2) is 4.68 Å². The molecule has 0 saturated heterocycles. The zero-order chi connectivity index (χ0) is 27.1. The first-order valence-electron chi connectivity index (χ1n) is 10.2. The van der Waals surface area contributed by atoms with Crippen molar-refractivity contribution in [2.45, 2.75) is 45.5 Å². The first-order chi connectivity index (χ1) is 16.5. The summed E-state index contributed by atoms with van der Waals surface area (Å²) >= 11 is 0. The predicted molar refractivity (Wildman–Crippen MR) is 110 cm³/mol. The van der Waals surface area contributed by atoms with Gasteiger partial charge in [-0.3, -0.25) is 4.79 Å². The lowest BCUT2D eigenvalue weighted by Gasteiger charge is -2.22. The fourth-order valence-corrected chi connectivity index (χ4v) is 3.66. The molecule has 0 N–H and O–H groups in total. The third-order valence-electron chi connectivity index (χ3n) is 5.20. The number of halogens is 9. The summed E-state index contributed by atoms with van der Waals surface area (Å²) in [4.78, 5) is 12.5. The molecular weight excluding hydrogens is 505 g/mol. The van der Waals surface area contributed by atoms with E-state index in [9.17, 15) is 44.3 Å². The van der Waals surface area contributed by atoms with Crippen LogP contribution in [0, 0.1) is 13.8 Å². The van der Waals surface area contributed by atoms with Gasteiger partial charge in [-0.05, 0) is 67.4 Å². The lowest BCUT2D eigenvalue weighted by Crippen LogP contribution is -2.23. The summed E-state index contributed by atoms with van der Waals surface area (Å²) in [6, 6.07) is 5.22. The molecule has 13 heteroatoms. The fourth-order valence-electron chi connectivity index (χ4n) is 3.66. The first kappa shape index (κ1) is 27.1. The maximum atomic E-state index is 13.3. The van der Waals surface area contributed by atoms with Crippen molar-refractivity contribution in [3.8, 4) is 5.69 Å². The fraction of sp³-hybridized carbons (Fsp3) is 0.304. The molecule has 0 aliphatic heterocycles. The third kappa shape index (κ3) is 6.18. The minimum atomic E-state index is -5.09. The van der Waals surface area contributed by atoms with Crippen molar-refractivity contribution in [3.63, 3.8) is 0 Å². The molecule has 0 radical (unpaired) electrons. The van der Waals surface area contributed by atoms with Gasteiger partial charge >= 0.3 is 18.5 Å². The van der Waals surface area contributed by atoms with Crippen LogP contribution in [-0.4, -0.2) is 21.1 Å². The van der Waals surface area contributed by atoms with Crippen molar-refractivity contribution in [3.05, 3.63) is 81.7 Å². The van der Waals surface area contributed by atoms with Gasteiger partial charge in [0.05, 0.1) is 28.1 Å². The van der Waals surface area contributed by atoms with E-state index in [1.807, 2.05) is 0 Å². The molecule has 2 aromatic carbocycles. The minimum Gasteiger partial charge on any atom is -0.337 e. The summed E-state index contributed by atoms with van der Waals surface area (Å²) in [5.74, 6) is 0. The van der Waals surface area contributed by atoms with Gasteiger partial charge in [0.1, 0.15) is 0 Å². The van der Waals surface area contributed by atoms with Gasteiger partial charge in [-0.15, -0.1) is 0 Å². The molecule has 0 fully saturated rings. The van der Waals surface area contributed by atoms with Gasteiger partial charge in [-0.2, -0.15) is 44.6 Å². The Balaban J connectivity index is 2.04. The Kier molecular flexibility index (Phi) is 7.15. The van der Waals surface area contributed by atoms with Crippen LogP contribution in [0.5, 0.6) is 0 Å². The predicted octanol–water partition coefficient (Wildman–Crippen LogP) is 6.70. The molecule has 36 heavy (non-hydrogen) atoms. The molecule has 0 atom stereocenters. The monoisotopic (exact) mass is 523 g/mol. The number of amides is 1. The second kappa shape index (κ2) is 9.51. The van der Waals surface area contributed by atoms with Crippen LogP contribution in [0.3, 0.4) is 0 Å². The average Bonchev–Trinajstić information content (AvgIpc) is 3.08. The average molecular weight is 523 g/mol. The van der Waals surface area contributed by atoms with Crippen molar-refractivity contribution >= 4 is 6.41 Å². The summed E-state index contributed by atoms with van der Waals surface area (Å²) in [7, 11) is 0. The third-order valence-corrected chi connectivity index (χ3v) is 5.20. The topological polar surface area (TPSA) is 38.1 Å². The van der Waals surface area contributed by atoms with Crippen molar-refractivity contribution < 1.29 is 44.3 Å². The SMILES string of the molecule is Cc1cc(C)n(-c2ccc(C(F)(F)F)cc2CN(C=O)Cc2cc(C(F)(F)F)cc(C(F)(F)F)c2)n1. The van der Waals surface area contributed by atoms with E-state index in [1.54, 1.807) is 19.9 Å². The summed E-state index contributed by atoms with van der Waals surface area (Å²) < 4.78 is 120. The maximum Gasteiger partial charge on any atom is 0.416 e. The Morgan fingerprint density at radius 3 is 1.78 bits per heavy atom. The number of rotatable bonds is 6. The van der Waals surface area contributed by atoms with Crippen molar-refractivity contribution in [1.29, 1.82) is 0 Å². The Bertz CT molecular complexity index is 1220. The van der Waals surface area contributed by atoms with Crippen LogP contribution in [0.15, 0.2) is 42.5 Å². The number of hydrogen-bond acceptors (Lipinski definition) is 2. The Morgan fingerprint density at radius 1 is 0.778 bits per heavy atom. The summed E-state index contributed by atoms with van der Waals surface area (Å²) in [6.45, 7) is 2.03. The maximum absolute atomic E-state index is 13.3. The normalized spacial score (nSPS) is 12.6. The van der Waals surface area contributed by atoms with E-state index in [1.165, 1.54) is 4.68 Å². The van der Waals surface area contributed by atoms with Crippen LogP contribution in [0.2, 0.25) is 0 Å². The molecule has 0 spiro atoms. The standard InChI is InChI=1S/C23H18F9N3O/c1-13-5-14(2)35(33-13)20-4-3-17(21(24,25)26)8-16(20)11-34(12-36)10-15-6-18(22(27,28)29)9-19(7-15)23(30,31)32/h3-9,12H,10-11H2,1-2H3. The summed E-state index contributed by atoms with van der Waals surface area (Å²) in [6.07, 6.45) is -14.8. The summed E-state index contributed by atoms with van der Waals surface area (Å²) in [5, 5.41) is 4.21. The highest BCUT2D eigenvalue weighted by Crippen LogP contribution is 2.37. The second-order valence-electron chi connectivity index (χ2n) is 8.10. The van der Waals surface area contributed by atoms with Crippen LogP contribution in [0.4, 0.5) is 39.5 Å². The van der Waals surface area contributed by atoms with E-state index in [4.69, 9.17) is 0 Å². The summed E-state index contributed by atoms with van der Waals surface area (Å²) in [5.41, 5.74) is -3.48. The number of hydrogen-bond donors (Lipinski definition) is 0. The van der Waals surface area contributed by atoms with E-state index in [0.717, 1.165) is 23.1 Å². The molecule has 1 aromatic heterocycles. The van der Waals surface area contributed by atoms with E-state index < -0.39 is 53.9 Å². The van der Waals surface area contributed by atoms with E-state index >= 15 is 0 Å². The van der Waals surface area contributed by atoms with E-state index in [2.05, 4.69) is 5.10 Å². The van der Waals surface area contributed by atoms with Crippen molar-refractivity contribution in [1.82, 2.24) is 14.7 Å². The number of aryl methyl sites for hydroxylation is 2. The van der Waals surface area contributed by atoms with Gasteiger partial charge < -0.3 is 4.90 Å². The van der Waals surface area contributed by atoms with Crippen LogP contribution in [-0.2, 0) is 36.4 Å². The number of aromatic nitrogens is 2. The number of alkyl halides is 9. The molecule has 4 nitrogen and oxygen atoms in total. The number of benzene rings is 2. The Morgan fingerprint density at radius 2 is 1.33 bits per heavy atom. The highest BCUT2D eigenvalue weighted by atomic mass is 19.4. The molecule has 3 rings (SSSR count). The lowest BCUT2D eigenvalue weighted by atomic mass is 10.0. The van der Waals surface area contributed by atoms with E-state index in [0.29, 0.717) is 23.5 Å². The molecule has 0 aliphatic carbocycles. The smallest absolute Gasteiger partial charge is 0.337 e. The zero-order valence-corrected chi connectivity index (χ0v) is 18.7. The molecule has 1 amide bonds.